The fraction of sp³-hybridized carbons (Fsp3) is 0.400. The zero-order chi connectivity index (χ0) is 11.0. The molecule has 0 spiro atoms. The van der Waals surface area contributed by atoms with Crippen LogP contribution in [0.3, 0.4) is 0 Å². The van der Waals surface area contributed by atoms with Crippen molar-refractivity contribution >= 4 is 17.9 Å². The standard InChI is InChI=1S/C10H13N3OS/c1-6-7(2)11-9-4-8(5-14-3)12-13(9)10(6)15/h4,12H,5H2,1-3H3. The SMILES string of the molecule is COCc1cc2nc(C)c(C)c(=S)n2[nH]1. The minimum atomic E-state index is 0.538. The number of aromatic amines is 1. The number of methoxy groups -OCH3 is 1. The molecule has 5 heteroatoms. The van der Waals surface area contributed by atoms with Crippen LogP contribution >= 0.6 is 12.2 Å². The van der Waals surface area contributed by atoms with Crippen molar-refractivity contribution in [1.82, 2.24) is 14.6 Å². The molecule has 0 atom stereocenters. The molecule has 1 N–H and O–H groups in total. The second kappa shape index (κ2) is 3.75. The molecule has 0 bridgehead atoms. The van der Waals surface area contributed by atoms with Gasteiger partial charge in [0.1, 0.15) is 4.64 Å². The van der Waals surface area contributed by atoms with Gasteiger partial charge >= 0.3 is 0 Å². The van der Waals surface area contributed by atoms with Gasteiger partial charge in [-0.2, -0.15) is 0 Å². The van der Waals surface area contributed by atoms with E-state index in [4.69, 9.17) is 17.0 Å². The molecule has 0 fully saturated rings. The molecule has 2 aromatic heterocycles. The third-order valence-electron chi connectivity index (χ3n) is 2.44. The topological polar surface area (TPSA) is 42.3 Å². The summed E-state index contributed by atoms with van der Waals surface area (Å²) in [6, 6.07) is 1.95. The summed E-state index contributed by atoms with van der Waals surface area (Å²) in [5.74, 6) is 0. The zero-order valence-corrected chi connectivity index (χ0v) is 9.81. The van der Waals surface area contributed by atoms with Crippen LogP contribution < -0.4 is 0 Å². The smallest absolute Gasteiger partial charge is 0.154 e. The van der Waals surface area contributed by atoms with Crippen molar-refractivity contribution in [3.8, 4) is 0 Å². The van der Waals surface area contributed by atoms with Crippen molar-refractivity contribution in [2.75, 3.05) is 7.11 Å². The molecule has 2 rings (SSSR count). The summed E-state index contributed by atoms with van der Waals surface area (Å²) >= 11 is 5.33. The van der Waals surface area contributed by atoms with Gasteiger partial charge in [-0.1, -0.05) is 12.2 Å². The molecule has 0 saturated carbocycles. The van der Waals surface area contributed by atoms with Crippen LogP contribution in [0.5, 0.6) is 0 Å². The number of nitrogens with zero attached hydrogens (tertiary/aromatic N) is 2. The van der Waals surface area contributed by atoms with Crippen LogP contribution in [0.1, 0.15) is 17.0 Å². The summed E-state index contributed by atoms with van der Waals surface area (Å²) in [5.41, 5.74) is 3.83. The first kappa shape index (κ1) is 10.3. The van der Waals surface area contributed by atoms with Gasteiger partial charge < -0.3 is 4.74 Å². The maximum Gasteiger partial charge on any atom is 0.154 e. The lowest BCUT2D eigenvalue weighted by Gasteiger charge is -2.00. The van der Waals surface area contributed by atoms with Gasteiger partial charge in [0.25, 0.3) is 0 Å². The minimum absolute atomic E-state index is 0.538. The van der Waals surface area contributed by atoms with E-state index in [1.54, 1.807) is 7.11 Å². The van der Waals surface area contributed by atoms with Crippen molar-refractivity contribution in [2.24, 2.45) is 0 Å². The van der Waals surface area contributed by atoms with Crippen molar-refractivity contribution in [3.05, 3.63) is 27.7 Å². The molecule has 0 radical (unpaired) electrons. The normalized spacial score (nSPS) is 11.1. The number of aryl methyl sites for hydroxylation is 1. The van der Waals surface area contributed by atoms with Gasteiger partial charge in [-0.15, -0.1) is 0 Å². The van der Waals surface area contributed by atoms with Crippen molar-refractivity contribution < 1.29 is 4.74 Å². The summed E-state index contributed by atoms with van der Waals surface area (Å²) in [5, 5.41) is 3.16. The highest BCUT2D eigenvalue weighted by Gasteiger charge is 2.05. The highest BCUT2D eigenvalue weighted by Crippen LogP contribution is 2.11. The van der Waals surface area contributed by atoms with Crippen LogP contribution in [0, 0.1) is 18.5 Å². The van der Waals surface area contributed by atoms with E-state index in [1.807, 2.05) is 24.4 Å². The van der Waals surface area contributed by atoms with Gasteiger partial charge in [0.15, 0.2) is 5.65 Å². The Morgan fingerprint density at radius 3 is 2.93 bits per heavy atom. The van der Waals surface area contributed by atoms with E-state index in [1.165, 1.54) is 0 Å². The quantitative estimate of drug-likeness (QED) is 0.793. The van der Waals surface area contributed by atoms with E-state index in [0.29, 0.717) is 6.61 Å². The van der Waals surface area contributed by atoms with Crippen LogP contribution in [0.15, 0.2) is 6.07 Å². The first-order chi connectivity index (χ1) is 7.13. The summed E-state index contributed by atoms with van der Waals surface area (Å²) in [6.45, 7) is 4.48. The third-order valence-corrected chi connectivity index (χ3v) is 2.93. The molecular weight excluding hydrogens is 210 g/mol. The number of aromatic nitrogens is 3. The Kier molecular flexibility index (Phi) is 2.58. The Balaban J connectivity index is 2.71. The average molecular weight is 223 g/mol. The number of fused-ring (bicyclic) bond motifs is 1. The molecular formula is C10H13N3OS. The summed E-state index contributed by atoms with van der Waals surface area (Å²) in [7, 11) is 1.66. The molecule has 0 saturated heterocycles. The van der Waals surface area contributed by atoms with Crippen molar-refractivity contribution in [2.45, 2.75) is 20.5 Å². The zero-order valence-electron chi connectivity index (χ0n) is 9.00. The van der Waals surface area contributed by atoms with Crippen molar-refractivity contribution in [1.29, 1.82) is 0 Å². The molecule has 0 aliphatic heterocycles. The lowest BCUT2D eigenvalue weighted by molar-refractivity contribution is 0.181. The molecule has 80 valence electrons. The largest absolute Gasteiger partial charge is 0.378 e. The van der Waals surface area contributed by atoms with E-state index < -0.39 is 0 Å². The Bertz CT molecular complexity index is 556. The maximum atomic E-state index is 5.33. The van der Waals surface area contributed by atoms with E-state index in [2.05, 4.69) is 10.1 Å². The maximum absolute atomic E-state index is 5.33. The number of hydrogen-bond acceptors (Lipinski definition) is 3. The first-order valence-corrected chi connectivity index (χ1v) is 5.11. The fourth-order valence-corrected chi connectivity index (χ4v) is 1.79. The molecule has 0 aliphatic carbocycles. The van der Waals surface area contributed by atoms with Gasteiger partial charge in [-0.3, -0.25) is 5.10 Å². The predicted octanol–water partition coefficient (Wildman–Crippen LogP) is 2.16. The molecule has 2 aromatic rings. The summed E-state index contributed by atoms with van der Waals surface area (Å²) in [6.07, 6.45) is 0. The lowest BCUT2D eigenvalue weighted by Crippen LogP contribution is -1.98. The number of nitrogens with one attached hydrogen (secondary N) is 1. The molecule has 0 unspecified atom stereocenters. The van der Waals surface area contributed by atoms with Gasteiger partial charge in [0, 0.05) is 24.4 Å². The average Bonchev–Trinajstić information content (AvgIpc) is 2.58. The monoisotopic (exact) mass is 223 g/mol. The van der Waals surface area contributed by atoms with E-state index in [0.717, 1.165) is 27.2 Å². The molecule has 2 heterocycles. The van der Waals surface area contributed by atoms with E-state index in [9.17, 15) is 0 Å². The Hall–Kier alpha value is -1.20. The molecule has 15 heavy (non-hydrogen) atoms. The highest BCUT2D eigenvalue weighted by atomic mass is 32.1. The van der Waals surface area contributed by atoms with Crippen LogP contribution in [-0.4, -0.2) is 21.7 Å². The number of rotatable bonds is 2. The lowest BCUT2D eigenvalue weighted by atomic mass is 10.3. The van der Waals surface area contributed by atoms with Crippen molar-refractivity contribution in [3.63, 3.8) is 0 Å². The van der Waals surface area contributed by atoms with E-state index in [-0.39, 0.29) is 0 Å². The van der Waals surface area contributed by atoms with E-state index >= 15 is 0 Å². The van der Waals surface area contributed by atoms with Crippen LogP contribution in [-0.2, 0) is 11.3 Å². The summed E-state index contributed by atoms with van der Waals surface area (Å²) in [4.78, 5) is 4.45. The predicted molar refractivity (Wildman–Crippen MR) is 60.6 cm³/mol. The third kappa shape index (κ3) is 1.68. The van der Waals surface area contributed by atoms with Crippen LogP contribution in [0.4, 0.5) is 0 Å². The number of H-pyrrole nitrogens is 1. The Labute approximate surface area is 92.9 Å². The van der Waals surface area contributed by atoms with Gasteiger partial charge in [-0.05, 0) is 13.8 Å². The summed E-state index contributed by atoms with van der Waals surface area (Å²) < 4.78 is 7.64. The molecule has 0 aliphatic rings. The molecule has 4 nitrogen and oxygen atoms in total. The Morgan fingerprint density at radius 2 is 2.27 bits per heavy atom. The Morgan fingerprint density at radius 1 is 1.53 bits per heavy atom. The number of ether oxygens (including phenoxy) is 1. The number of hydrogen-bond donors (Lipinski definition) is 1. The van der Waals surface area contributed by atoms with Gasteiger partial charge in [0.05, 0.1) is 12.3 Å². The molecule has 0 amide bonds. The van der Waals surface area contributed by atoms with Gasteiger partial charge in [0.2, 0.25) is 0 Å². The van der Waals surface area contributed by atoms with Gasteiger partial charge in [-0.25, -0.2) is 9.50 Å². The molecule has 0 aromatic carbocycles. The highest BCUT2D eigenvalue weighted by molar-refractivity contribution is 7.71. The second-order valence-corrected chi connectivity index (χ2v) is 3.92. The minimum Gasteiger partial charge on any atom is -0.378 e. The first-order valence-electron chi connectivity index (χ1n) is 4.70. The fourth-order valence-electron chi connectivity index (χ4n) is 1.50. The van der Waals surface area contributed by atoms with Crippen LogP contribution in [0.25, 0.3) is 5.65 Å². The van der Waals surface area contributed by atoms with Crippen LogP contribution in [0.2, 0.25) is 0 Å². The second-order valence-electron chi connectivity index (χ2n) is 3.54.